The van der Waals surface area contributed by atoms with E-state index in [9.17, 15) is 9.59 Å². The largest absolute Gasteiger partial charge is 0.493 e. The Bertz CT molecular complexity index is 718. The van der Waals surface area contributed by atoms with E-state index in [1.807, 2.05) is 47.8 Å². The van der Waals surface area contributed by atoms with Crippen LogP contribution >= 0.6 is 11.3 Å². The van der Waals surface area contributed by atoms with Crippen molar-refractivity contribution in [1.82, 2.24) is 10.6 Å². The van der Waals surface area contributed by atoms with Gasteiger partial charge in [-0.3, -0.25) is 9.59 Å². The van der Waals surface area contributed by atoms with Crippen molar-refractivity contribution in [3.63, 3.8) is 0 Å². The fraction of sp³-hybridized carbons (Fsp3) is 0.400. The van der Waals surface area contributed by atoms with Crippen LogP contribution in [0.15, 0.2) is 47.8 Å². The van der Waals surface area contributed by atoms with E-state index in [0.29, 0.717) is 19.6 Å². The quantitative estimate of drug-likeness (QED) is 0.785. The van der Waals surface area contributed by atoms with Gasteiger partial charge in [-0.25, -0.2) is 0 Å². The summed E-state index contributed by atoms with van der Waals surface area (Å²) in [6.07, 6.45) is 1.47. The molecule has 2 N–H and O–H groups in total. The van der Waals surface area contributed by atoms with Crippen LogP contribution in [0.4, 0.5) is 0 Å². The van der Waals surface area contributed by atoms with E-state index < -0.39 is 0 Å². The maximum atomic E-state index is 12.7. The molecule has 1 aliphatic rings. The van der Waals surface area contributed by atoms with Gasteiger partial charge >= 0.3 is 0 Å². The molecule has 1 fully saturated rings. The van der Waals surface area contributed by atoms with Crippen molar-refractivity contribution in [2.24, 2.45) is 11.8 Å². The topological polar surface area (TPSA) is 67.4 Å². The number of hydrogen-bond acceptors (Lipinski definition) is 4. The van der Waals surface area contributed by atoms with E-state index in [4.69, 9.17) is 4.74 Å². The summed E-state index contributed by atoms with van der Waals surface area (Å²) in [4.78, 5) is 25.3. The van der Waals surface area contributed by atoms with Gasteiger partial charge in [0.15, 0.2) is 0 Å². The third-order valence-electron chi connectivity index (χ3n) is 4.63. The molecule has 0 unspecified atom stereocenters. The molecule has 6 heteroatoms. The molecule has 2 aromatic rings. The van der Waals surface area contributed by atoms with Crippen LogP contribution in [0.25, 0.3) is 0 Å². The van der Waals surface area contributed by atoms with Crippen molar-refractivity contribution < 1.29 is 14.3 Å². The molecule has 26 heavy (non-hydrogen) atoms. The molecular weight excluding hydrogens is 348 g/mol. The second-order valence-corrected chi connectivity index (χ2v) is 7.70. The number of para-hydroxylation sites is 1. The lowest BCUT2D eigenvalue weighted by Crippen LogP contribution is -2.43. The number of benzene rings is 1. The van der Waals surface area contributed by atoms with E-state index in [-0.39, 0.29) is 29.7 Å². The molecule has 0 spiro atoms. The number of hydrogen-bond donors (Lipinski definition) is 2. The van der Waals surface area contributed by atoms with Crippen LogP contribution in [-0.4, -0.2) is 24.5 Å². The Morgan fingerprint density at radius 3 is 2.65 bits per heavy atom. The SMILES string of the molecule is CC(=O)N[C@@H]1C[C@H](COc2ccccc2)C[C@H]1C(=O)NCc1cccs1. The number of carbonyl (C=O) groups is 2. The van der Waals surface area contributed by atoms with E-state index in [2.05, 4.69) is 10.6 Å². The van der Waals surface area contributed by atoms with Gasteiger partial charge in [0.25, 0.3) is 0 Å². The normalized spacial score (nSPS) is 22.0. The van der Waals surface area contributed by atoms with Crippen LogP contribution in [0.5, 0.6) is 5.75 Å². The summed E-state index contributed by atoms with van der Waals surface area (Å²) in [5.41, 5.74) is 0. The molecular formula is C20H24N2O3S. The molecule has 0 aliphatic heterocycles. The molecule has 138 valence electrons. The summed E-state index contributed by atoms with van der Waals surface area (Å²) in [6.45, 7) is 2.58. The second-order valence-electron chi connectivity index (χ2n) is 6.67. The van der Waals surface area contributed by atoms with Crippen LogP contribution in [0.3, 0.4) is 0 Å². The van der Waals surface area contributed by atoms with E-state index in [0.717, 1.165) is 17.0 Å². The average molecular weight is 372 g/mol. The Morgan fingerprint density at radius 2 is 1.96 bits per heavy atom. The molecule has 0 bridgehead atoms. The predicted molar refractivity (Wildman–Crippen MR) is 102 cm³/mol. The minimum absolute atomic E-state index is 0.000592. The molecule has 0 radical (unpaired) electrons. The van der Waals surface area contributed by atoms with Gasteiger partial charge in [0.05, 0.1) is 19.1 Å². The van der Waals surface area contributed by atoms with Gasteiger partial charge in [-0.15, -0.1) is 11.3 Å². The lowest BCUT2D eigenvalue weighted by atomic mass is 10.0. The zero-order valence-corrected chi connectivity index (χ0v) is 15.6. The Balaban J connectivity index is 1.56. The van der Waals surface area contributed by atoms with Crippen molar-refractivity contribution in [3.8, 4) is 5.75 Å². The number of rotatable bonds is 7. The highest BCUT2D eigenvalue weighted by atomic mass is 32.1. The highest BCUT2D eigenvalue weighted by Gasteiger charge is 2.39. The van der Waals surface area contributed by atoms with Crippen LogP contribution in [0.1, 0.15) is 24.6 Å². The summed E-state index contributed by atoms with van der Waals surface area (Å²) in [6, 6.07) is 13.5. The molecule has 1 aromatic heterocycles. The van der Waals surface area contributed by atoms with Gasteiger partial charge in [-0.2, -0.15) is 0 Å². The fourth-order valence-electron chi connectivity index (χ4n) is 3.44. The van der Waals surface area contributed by atoms with E-state index in [1.54, 1.807) is 11.3 Å². The molecule has 3 atom stereocenters. The Morgan fingerprint density at radius 1 is 1.15 bits per heavy atom. The lowest BCUT2D eigenvalue weighted by Gasteiger charge is -2.19. The molecule has 1 heterocycles. The van der Waals surface area contributed by atoms with Crippen LogP contribution in [0, 0.1) is 11.8 Å². The van der Waals surface area contributed by atoms with Crippen molar-refractivity contribution in [3.05, 3.63) is 52.7 Å². The molecule has 2 amide bonds. The van der Waals surface area contributed by atoms with Crippen LogP contribution in [-0.2, 0) is 16.1 Å². The first kappa shape index (κ1) is 18.5. The Labute approximate surface area is 157 Å². The number of carbonyl (C=O) groups excluding carboxylic acids is 2. The monoisotopic (exact) mass is 372 g/mol. The number of amides is 2. The van der Waals surface area contributed by atoms with Gasteiger partial charge in [0.2, 0.25) is 11.8 Å². The Kier molecular flexibility index (Phi) is 6.28. The van der Waals surface area contributed by atoms with Gasteiger partial charge in [0.1, 0.15) is 5.75 Å². The first-order valence-electron chi connectivity index (χ1n) is 8.87. The molecule has 1 aromatic carbocycles. The van der Waals surface area contributed by atoms with Crippen molar-refractivity contribution in [1.29, 1.82) is 0 Å². The van der Waals surface area contributed by atoms with Crippen molar-refractivity contribution >= 4 is 23.2 Å². The minimum atomic E-state index is -0.219. The van der Waals surface area contributed by atoms with Crippen molar-refractivity contribution in [2.75, 3.05) is 6.61 Å². The lowest BCUT2D eigenvalue weighted by molar-refractivity contribution is -0.126. The molecule has 1 aliphatic carbocycles. The maximum Gasteiger partial charge on any atom is 0.225 e. The van der Waals surface area contributed by atoms with Crippen molar-refractivity contribution in [2.45, 2.75) is 32.4 Å². The standard InChI is InChI=1S/C20H24N2O3S/c1-14(23)22-19-11-15(13-25-16-6-3-2-4-7-16)10-18(19)20(24)21-12-17-8-5-9-26-17/h2-9,15,18-19H,10-13H2,1H3,(H,21,24)(H,22,23)/t15-,18-,19-/m1/s1. The zero-order valence-electron chi connectivity index (χ0n) is 14.8. The highest BCUT2D eigenvalue weighted by molar-refractivity contribution is 7.09. The zero-order chi connectivity index (χ0) is 18.4. The average Bonchev–Trinajstić information content (AvgIpc) is 3.28. The predicted octanol–water partition coefficient (Wildman–Crippen LogP) is 2.97. The molecule has 1 saturated carbocycles. The molecule has 0 saturated heterocycles. The van der Waals surface area contributed by atoms with Gasteiger partial charge in [-0.1, -0.05) is 24.3 Å². The summed E-state index contributed by atoms with van der Waals surface area (Å²) in [5, 5.41) is 7.94. The van der Waals surface area contributed by atoms with Gasteiger partial charge < -0.3 is 15.4 Å². The van der Waals surface area contributed by atoms with E-state index in [1.165, 1.54) is 6.92 Å². The van der Waals surface area contributed by atoms with Crippen LogP contribution in [0.2, 0.25) is 0 Å². The Hall–Kier alpha value is -2.34. The van der Waals surface area contributed by atoms with Gasteiger partial charge in [0, 0.05) is 17.8 Å². The van der Waals surface area contributed by atoms with Gasteiger partial charge in [-0.05, 0) is 42.3 Å². The third kappa shape index (κ3) is 5.08. The maximum absolute atomic E-state index is 12.7. The molecule has 5 nitrogen and oxygen atoms in total. The summed E-state index contributed by atoms with van der Waals surface area (Å²) >= 11 is 1.62. The fourth-order valence-corrected chi connectivity index (χ4v) is 4.08. The number of thiophene rings is 1. The summed E-state index contributed by atoms with van der Waals surface area (Å²) in [5.74, 6) is 0.747. The molecule has 3 rings (SSSR count). The van der Waals surface area contributed by atoms with E-state index >= 15 is 0 Å². The highest BCUT2D eigenvalue weighted by Crippen LogP contribution is 2.32. The number of ether oxygens (including phenoxy) is 1. The summed E-state index contributed by atoms with van der Waals surface area (Å²) in [7, 11) is 0. The van der Waals surface area contributed by atoms with Crippen LogP contribution < -0.4 is 15.4 Å². The number of nitrogens with one attached hydrogen (secondary N) is 2. The summed E-state index contributed by atoms with van der Waals surface area (Å²) < 4.78 is 5.85. The second kappa shape index (κ2) is 8.85. The minimum Gasteiger partial charge on any atom is -0.493 e. The first-order valence-corrected chi connectivity index (χ1v) is 9.75. The first-order chi connectivity index (χ1) is 12.6. The third-order valence-corrected chi connectivity index (χ3v) is 5.51. The smallest absolute Gasteiger partial charge is 0.225 e.